The molecule has 0 N–H and O–H groups in total. The zero-order valence-electron chi connectivity index (χ0n) is 53.2. The Morgan fingerprint density at radius 3 is 0.884 bits per heavy atom. The molecule has 0 fully saturated rings. The molecule has 0 amide bonds. The molecule has 0 atom stereocenters. The normalized spacial score (nSPS) is 11.3. The van der Waals surface area contributed by atoms with E-state index in [4.69, 9.17) is 0 Å². The Morgan fingerprint density at radius 1 is 0.189 bits per heavy atom. The highest BCUT2D eigenvalue weighted by molar-refractivity contribution is 6.11. The minimum absolute atomic E-state index is 1.16. The molecular formula is C89H68N6. The van der Waals surface area contributed by atoms with Crippen molar-refractivity contribution in [2.45, 2.75) is 0 Å². The summed E-state index contributed by atoms with van der Waals surface area (Å²) >= 11 is 0. The molecule has 18 rings (SSSR count). The van der Waals surface area contributed by atoms with Crippen LogP contribution in [0.4, 0.5) is 34.1 Å². The van der Waals surface area contributed by atoms with Gasteiger partial charge in [-0.3, -0.25) is 0 Å². The Kier molecular flexibility index (Phi) is 15.2. The maximum Gasteiger partial charge on any atom is 0.0541 e. The van der Waals surface area contributed by atoms with Crippen LogP contribution in [0, 0.1) is 0 Å². The van der Waals surface area contributed by atoms with Crippen molar-refractivity contribution >= 4 is 121 Å². The van der Waals surface area contributed by atoms with Gasteiger partial charge in [0.25, 0.3) is 0 Å². The van der Waals surface area contributed by atoms with Gasteiger partial charge in [0.15, 0.2) is 0 Å². The highest BCUT2D eigenvalue weighted by Gasteiger charge is 2.17. The van der Waals surface area contributed by atoms with Crippen LogP contribution in [-0.4, -0.2) is 34.8 Å². The molecule has 0 aliphatic rings. The monoisotopic (exact) mass is 1220 g/mol. The number of rotatable bonds is 10. The maximum absolute atomic E-state index is 2.35. The van der Waals surface area contributed by atoms with Crippen molar-refractivity contribution in [3.63, 3.8) is 0 Å². The molecular weight excluding hydrogens is 1150 g/mol. The first-order chi connectivity index (χ1) is 46.9. The quantitative estimate of drug-likeness (QED) is 0.136. The molecule has 6 heteroatoms. The fourth-order valence-electron chi connectivity index (χ4n) is 13.9. The number of benzene rings is 15. The minimum atomic E-state index is 1.16. The van der Waals surface area contributed by atoms with Crippen molar-refractivity contribution in [2.24, 2.45) is 0 Å². The number of hydrogen-bond donors (Lipinski definition) is 0. The van der Waals surface area contributed by atoms with Crippen LogP contribution in [0.5, 0.6) is 0 Å². The van der Waals surface area contributed by atoms with Gasteiger partial charge in [0.2, 0.25) is 0 Å². The SMILES string of the molecule is CN(c1ccc(-c2ccccc2)cc1)c1ccc(-n2c3ccccc3c3ccccc32)cc1.CN(c1ccc(-n2c3ccccc3c3ccccc32)cc1)c1ccc2ccccc2c1.CN(c1ccc(-n2c3ccccc3c3ccccc32)cc1)c1cccc2ccccc12. The van der Waals surface area contributed by atoms with E-state index < -0.39 is 0 Å². The summed E-state index contributed by atoms with van der Waals surface area (Å²) in [6.45, 7) is 0. The third-order valence-electron chi connectivity index (χ3n) is 18.8. The van der Waals surface area contributed by atoms with Crippen molar-refractivity contribution < 1.29 is 0 Å². The lowest BCUT2D eigenvalue weighted by Crippen LogP contribution is -2.10. The lowest BCUT2D eigenvalue weighted by molar-refractivity contribution is 1.16. The summed E-state index contributed by atoms with van der Waals surface area (Å²) in [6, 6.07) is 128. The Hall–Kier alpha value is -12.4. The minimum Gasteiger partial charge on any atom is -0.345 e. The molecule has 0 aliphatic heterocycles. The molecule has 454 valence electrons. The standard InChI is InChI=1S/C31H24N2.2C29H22N2/c1-32(25-17-15-24(16-18-25)23-9-3-2-4-10-23)26-19-21-27(22-20-26)33-30-13-7-5-11-28(30)29-12-6-8-14-31(29)33;1-30(27-16-8-10-21-9-2-3-11-24(21)27)22-17-19-23(20-18-22)31-28-14-6-4-12-25(28)26-13-5-7-15-29(26)31;1-30(25-15-14-21-8-2-3-9-22(21)20-25)23-16-18-24(19-17-23)31-28-12-6-4-10-26(28)27-11-5-7-13-29(27)31/h2-22H,1H3;2*2-20H,1H3. The van der Waals surface area contributed by atoms with Crippen molar-refractivity contribution in [3.05, 3.63) is 358 Å². The number of para-hydroxylation sites is 6. The van der Waals surface area contributed by atoms with Gasteiger partial charge < -0.3 is 28.4 Å². The van der Waals surface area contributed by atoms with E-state index in [0.29, 0.717) is 0 Å². The third-order valence-corrected chi connectivity index (χ3v) is 18.8. The number of fused-ring (bicyclic) bond motifs is 11. The molecule has 0 spiro atoms. The van der Waals surface area contributed by atoms with Gasteiger partial charge in [-0.15, -0.1) is 0 Å². The smallest absolute Gasteiger partial charge is 0.0541 e. The molecule has 3 aromatic heterocycles. The summed E-state index contributed by atoms with van der Waals surface area (Å²) in [4.78, 5) is 6.73. The number of aromatic nitrogens is 3. The predicted octanol–water partition coefficient (Wildman–Crippen LogP) is 23.6. The van der Waals surface area contributed by atoms with E-state index in [1.807, 2.05) is 0 Å². The summed E-state index contributed by atoms with van der Waals surface area (Å²) < 4.78 is 7.06. The molecule has 0 bridgehead atoms. The molecule has 95 heavy (non-hydrogen) atoms. The van der Waals surface area contributed by atoms with Crippen molar-refractivity contribution in [1.29, 1.82) is 0 Å². The molecule has 0 radical (unpaired) electrons. The zero-order valence-corrected chi connectivity index (χ0v) is 53.2. The van der Waals surface area contributed by atoms with Gasteiger partial charge in [0.05, 0.1) is 33.1 Å². The first kappa shape index (κ1) is 57.8. The Balaban J connectivity index is 0.000000112. The summed E-state index contributed by atoms with van der Waals surface area (Å²) in [5.74, 6) is 0. The van der Waals surface area contributed by atoms with E-state index in [2.05, 4.69) is 407 Å². The van der Waals surface area contributed by atoms with Gasteiger partial charge in [-0.25, -0.2) is 0 Å². The second-order valence-electron chi connectivity index (χ2n) is 24.3. The van der Waals surface area contributed by atoms with E-state index >= 15 is 0 Å². The molecule has 0 saturated carbocycles. The van der Waals surface area contributed by atoms with Crippen LogP contribution in [0.3, 0.4) is 0 Å². The fraction of sp³-hybridized carbons (Fsp3) is 0.0337. The van der Waals surface area contributed by atoms with Gasteiger partial charge in [0.1, 0.15) is 0 Å². The number of nitrogens with zero attached hydrogens (tertiary/aromatic N) is 6. The van der Waals surface area contributed by atoms with Crippen LogP contribution in [0.1, 0.15) is 0 Å². The molecule has 0 saturated heterocycles. The van der Waals surface area contributed by atoms with Gasteiger partial charge >= 0.3 is 0 Å². The highest BCUT2D eigenvalue weighted by Crippen LogP contribution is 2.39. The molecule has 0 aliphatic carbocycles. The van der Waals surface area contributed by atoms with Gasteiger partial charge in [-0.1, -0.05) is 218 Å². The van der Waals surface area contributed by atoms with Crippen molar-refractivity contribution in [3.8, 4) is 28.2 Å². The summed E-state index contributed by atoms with van der Waals surface area (Å²) in [5.41, 5.74) is 20.4. The molecule has 3 heterocycles. The first-order valence-electron chi connectivity index (χ1n) is 32.5. The van der Waals surface area contributed by atoms with Crippen LogP contribution in [0.25, 0.3) is 115 Å². The van der Waals surface area contributed by atoms with E-state index in [1.54, 1.807) is 0 Å². The second kappa shape index (κ2) is 25.0. The van der Waals surface area contributed by atoms with E-state index in [1.165, 1.54) is 144 Å². The van der Waals surface area contributed by atoms with Crippen LogP contribution in [0.15, 0.2) is 358 Å². The van der Waals surface area contributed by atoms with Crippen LogP contribution in [-0.2, 0) is 0 Å². The van der Waals surface area contributed by atoms with E-state index in [-0.39, 0.29) is 0 Å². The second-order valence-corrected chi connectivity index (χ2v) is 24.3. The third kappa shape index (κ3) is 10.8. The number of anilines is 6. The van der Waals surface area contributed by atoms with E-state index in [9.17, 15) is 0 Å². The zero-order chi connectivity index (χ0) is 63.8. The van der Waals surface area contributed by atoms with Gasteiger partial charge in [0, 0.05) is 110 Å². The van der Waals surface area contributed by atoms with Crippen LogP contribution in [0.2, 0.25) is 0 Å². The van der Waals surface area contributed by atoms with Crippen molar-refractivity contribution in [1.82, 2.24) is 13.7 Å². The van der Waals surface area contributed by atoms with E-state index in [0.717, 1.165) is 5.69 Å². The molecule has 6 nitrogen and oxygen atoms in total. The van der Waals surface area contributed by atoms with Gasteiger partial charge in [-0.2, -0.15) is 0 Å². The molecule has 18 aromatic rings. The summed E-state index contributed by atoms with van der Waals surface area (Å²) in [6.07, 6.45) is 0. The summed E-state index contributed by atoms with van der Waals surface area (Å²) in [5, 5.41) is 12.8. The first-order valence-corrected chi connectivity index (χ1v) is 32.5. The van der Waals surface area contributed by atoms with Crippen LogP contribution >= 0.6 is 0 Å². The Bertz CT molecular complexity index is 5590. The average molecular weight is 1220 g/mol. The fourth-order valence-corrected chi connectivity index (χ4v) is 13.9. The lowest BCUT2D eigenvalue weighted by atomic mass is 10.1. The highest BCUT2D eigenvalue weighted by atomic mass is 15.1. The lowest BCUT2D eigenvalue weighted by Gasteiger charge is -2.22. The Labute approximate surface area is 553 Å². The summed E-state index contributed by atoms with van der Waals surface area (Å²) in [7, 11) is 6.38. The topological polar surface area (TPSA) is 24.5 Å². The Morgan fingerprint density at radius 2 is 0.474 bits per heavy atom. The largest absolute Gasteiger partial charge is 0.345 e. The van der Waals surface area contributed by atoms with Crippen molar-refractivity contribution in [2.75, 3.05) is 35.8 Å². The van der Waals surface area contributed by atoms with Crippen LogP contribution < -0.4 is 14.7 Å². The predicted molar refractivity (Wildman–Crippen MR) is 406 cm³/mol. The number of hydrogen-bond acceptors (Lipinski definition) is 3. The average Bonchev–Trinajstić information content (AvgIpc) is 1.65. The maximum atomic E-state index is 2.35. The molecule has 15 aromatic carbocycles. The van der Waals surface area contributed by atoms with Gasteiger partial charge in [-0.05, 0) is 167 Å². The molecule has 0 unspecified atom stereocenters.